The first-order chi connectivity index (χ1) is 14.0. The largest absolute Gasteiger partial charge is 0.339 e. The Bertz CT molecular complexity index is 633. The molecule has 1 heterocycles. The number of likely N-dealkylation sites (tertiary alicyclic amines) is 1. The van der Waals surface area contributed by atoms with E-state index < -0.39 is 0 Å². The van der Waals surface area contributed by atoms with Gasteiger partial charge in [0.15, 0.2) is 0 Å². The Hall–Kier alpha value is -1.38. The van der Waals surface area contributed by atoms with Crippen LogP contribution in [0.1, 0.15) is 91.4 Å². The molecule has 1 aliphatic heterocycles. The summed E-state index contributed by atoms with van der Waals surface area (Å²) in [5.41, 5.74) is 1.39. The first kappa shape index (κ1) is 22.3. The topological polar surface area (TPSA) is 37.4 Å². The van der Waals surface area contributed by atoms with Crippen LogP contribution in [0.4, 0.5) is 0 Å². The predicted octanol–water partition coefficient (Wildman–Crippen LogP) is 6.09. The van der Waals surface area contributed by atoms with Crippen LogP contribution < -0.4 is 0 Å². The zero-order chi connectivity index (χ0) is 20.8. The fourth-order valence-electron chi connectivity index (χ4n) is 5.85. The lowest BCUT2D eigenvalue weighted by atomic mass is 9.78. The van der Waals surface area contributed by atoms with E-state index in [-0.39, 0.29) is 5.92 Å². The lowest BCUT2D eigenvalue weighted by Gasteiger charge is -2.45. The molecule has 3 heteroatoms. The third-order valence-electron chi connectivity index (χ3n) is 7.61. The zero-order valence-corrected chi connectivity index (χ0v) is 18.9. The molecule has 1 amide bonds. The van der Waals surface area contributed by atoms with Gasteiger partial charge in [0.1, 0.15) is 5.78 Å². The van der Waals surface area contributed by atoms with E-state index in [0.717, 1.165) is 31.7 Å². The Balaban J connectivity index is 1.35. The molecule has 162 valence electrons. The van der Waals surface area contributed by atoms with Gasteiger partial charge in [-0.2, -0.15) is 0 Å². The van der Waals surface area contributed by atoms with Crippen molar-refractivity contribution in [3.63, 3.8) is 0 Å². The van der Waals surface area contributed by atoms with Crippen molar-refractivity contribution in [2.45, 2.75) is 97.4 Å². The first-order valence-corrected chi connectivity index (χ1v) is 12.2. The zero-order valence-electron chi connectivity index (χ0n) is 18.9. The van der Waals surface area contributed by atoms with Crippen LogP contribution in [0.25, 0.3) is 0 Å². The first-order valence-electron chi connectivity index (χ1n) is 12.2. The molecular formula is C26H41NO2. The summed E-state index contributed by atoms with van der Waals surface area (Å²) in [7, 11) is 0. The van der Waals surface area contributed by atoms with Crippen LogP contribution in [0.5, 0.6) is 0 Å². The lowest BCUT2D eigenvalue weighted by molar-refractivity contribution is -0.141. The van der Waals surface area contributed by atoms with Gasteiger partial charge in [-0.15, -0.1) is 0 Å². The second kappa shape index (κ2) is 10.6. The molecule has 29 heavy (non-hydrogen) atoms. The van der Waals surface area contributed by atoms with Crippen LogP contribution in [0.3, 0.4) is 0 Å². The molecule has 0 spiro atoms. The van der Waals surface area contributed by atoms with E-state index in [1.807, 2.05) is 0 Å². The van der Waals surface area contributed by atoms with Crippen LogP contribution in [-0.2, 0) is 9.59 Å². The summed E-state index contributed by atoms with van der Waals surface area (Å²) in [4.78, 5) is 27.7. The highest BCUT2D eigenvalue weighted by atomic mass is 16.2. The Kier molecular flexibility index (Phi) is 8.15. The molecule has 1 saturated carbocycles. The molecule has 1 saturated heterocycles. The van der Waals surface area contributed by atoms with Crippen LogP contribution >= 0.6 is 0 Å². The Labute approximate surface area is 178 Å². The summed E-state index contributed by atoms with van der Waals surface area (Å²) < 4.78 is 0. The van der Waals surface area contributed by atoms with Gasteiger partial charge in [-0.25, -0.2) is 0 Å². The number of rotatable bonds is 9. The number of amides is 1. The maximum atomic E-state index is 13.1. The summed E-state index contributed by atoms with van der Waals surface area (Å²) >= 11 is 0. The van der Waals surface area contributed by atoms with E-state index in [0.29, 0.717) is 42.4 Å². The van der Waals surface area contributed by atoms with E-state index in [1.54, 1.807) is 0 Å². The van der Waals surface area contributed by atoms with E-state index in [9.17, 15) is 9.59 Å². The highest BCUT2D eigenvalue weighted by Crippen LogP contribution is 2.36. The molecule has 5 atom stereocenters. The number of carbonyl (C=O) groups excluding carboxylic acids is 2. The maximum absolute atomic E-state index is 13.1. The van der Waals surface area contributed by atoms with E-state index in [4.69, 9.17) is 0 Å². The summed E-state index contributed by atoms with van der Waals surface area (Å²) in [5, 5.41) is 0. The van der Waals surface area contributed by atoms with E-state index in [1.165, 1.54) is 44.1 Å². The SMILES string of the molecule is CC1C=CC=C1C(C)CC(=O)CCCCC(C)C(=O)N1CCCC2CCCCC21. The van der Waals surface area contributed by atoms with E-state index in [2.05, 4.69) is 43.9 Å². The maximum Gasteiger partial charge on any atom is 0.225 e. The molecule has 3 aliphatic rings. The molecule has 2 aliphatic carbocycles. The number of unbranched alkanes of at least 4 members (excludes halogenated alkanes) is 1. The molecule has 0 N–H and O–H groups in total. The summed E-state index contributed by atoms with van der Waals surface area (Å²) in [5.74, 6) is 2.41. The quantitative estimate of drug-likeness (QED) is 0.440. The van der Waals surface area contributed by atoms with Crippen molar-refractivity contribution in [3.8, 4) is 0 Å². The molecule has 5 unspecified atom stereocenters. The molecule has 3 nitrogen and oxygen atoms in total. The van der Waals surface area contributed by atoms with Gasteiger partial charge in [0.25, 0.3) is 0 Å². The molecule has 0 aromatic rings. The van der Waals surface area contributed by atoms with Crippen molar-refractivity contribution in [1.29, 1.82) is 0 Å². The lowest BCUT2D eigenvalue weighted by Crippen LogP contribution is -2.51. The number of piperidine rings is 1. The summed E-state index contributed by atoms with van der Waals surface area (Å²) in [6.45, 7) is 7.43. The molecule has 0 aromatic heterocycles. The second-order valence-electron chi connectivity index (χ2n) is 9.92. The van der Waals surface area contributed by atoms with Crippen molar-refractivity contribution in [1.82, 2.24) is 4.90 Å². The van der Waals surface area contributed by atoms with Gasteiger partial charge in [-0.05, 0) is 56.3 Å². The third-order valence-corrected chi connectivity index (χ3v) is 7.61. The van der Waals surface area contributed by atoms with Gasteiger partial charge < -0.3 is 4.90 Å². The van der Waals surface area contributed by atoms with Gasteiger partial charge in [-0.3, -0.25) is 9.59 Å². The molecular weight excluding hydrogens is 358 g/mol. The Morgan fingerprint density at radius 1 is 1.10 bits per heavy atom. The van der Waals surface area contributed by atoms with Crippen molar-refractivity contribution < 1.29 is 9.59 Å². The van der Waals surface area contributed by atoms with Crippen LogP contribution in [-0.4, -0.2) is 29.2 Å². The van der Waals surface area contributed by atoms with Crippen LogP contribution in [0, 0.1) is 23.7 Å². The highest BCUT2D eigenvalue weighted by molar-refractivity contribution is 5.79. The average Bonchev–Trinajstić information content (AvgIpc) is 3.16. The molecule has 2 fully saturated rings. The number of Topliss-reactive ketones (excluding diaryl/α,β-unsaturated/α-hetero) is 1. The van der Waals surface area contributed by atoms with Gasteiger partial charge in [0.2, 0.25) is 5.91 Å². The van der Waals surface area contributed by atoms with Crippen molar-refractivity contribution >= 4 is 11.7 Å². The minimum atomic E-state index is 0.0975. The third kappa shape index (κ3) is 5.83. The van der Waals surface area contributed by atoms with Crippen molar-refractivity contribution in [2.75, 3.05) is 6.54 Å². The molecule has 0 aromatic carbocycles. The Morgan fingerprint density at radius 3 is 2.62 bits per heavy atom. The van der Waals surface area contributed by atoms with E-state index >= 15 is 0 Å². The fraction of sp³-hybridized carbons (Fsp3) is 0.769. The monoisotopic (exact) mass is 399 g/mol. The summed E-state index contributed by atoms with van der Waals surface area (Å²) in [6, 6.07) is 0.511. The minimum Gasteiger partial charge on any atom is -0.339 e. The number of hydrogen-bond donors (Lipinski definition) is 0. The number of nitrogens with zero attached hydrogens (tertiary/aromatic N) is 1. The number of allylic oxidation sites excluding steroid dienone is 4. The minimum absolute atomic E-state index is 0.0975. The van der Waals surface area contributed by atoms with Crippen molar-refractivity contribution in [2.24, 2.45) is 23.7 Å². The van der Waals surface area contributed by atoms with Gasteiger partial charge in [0, 0.05) is 31.3 Å². The number of carbonyl (C=O) groups is 2. The molecule has 3 rings (SSSR count). The predicted molar refractivity (Wildman–Crippen MR) is 120 cm³/mol. The highest BCUT2D eigenvalue weighted by Gasteiger charge is 2.36. The normalized spacial score (nSPS) is 28.6. The van der Waals surface area contributed by atoms with Crippen molar-refractivity contribution in [3.05, 3.63) is 23.8 Å². The molecule has 0 radical (unpaired) electrons. The average molecular weight is 400 g/mol. The van der Waals surface area contributed by atoms with Crippen LogP contribution in [0.2, 0.25) is 0 Å². The fourth-order valence-corrected chi connectivity index (χ4v) is 5.85. The van der Waals surface area contributed by atoms with Gasteiger partial charge in [-0.1, -0.05) is 63.8 Å². The molecule has 0 bridgehead atoms. The van der Waals surface area contributed by atoms with Crippen LogP contribution in [0.15, 0.2) is 23.8 Å². The second-order valence-corrected chi connectivity index (χ2v) is 9.92. The smallest absolute Gasteiger partial charge is 0.225 e. The standard InChI is InChI=1S/C26H41NO2/c1-19-11-8-15-24(19)21(3)18-23(28)14-6-4-10-20(2)26(29)27-17-9-13-22-12-5-7-16-25(22)27/h8,11,15,19-22,25H,4-7,9-10,12-14,16-18H2,1-3H3. The summed E-state index contributed by atoms with van der Waals surface area (Å²) in [6.07, 6.45) is 18.3. The number of fused-ring (bicyclic) bond motifs is 1. The number of hydrogen-bond acceptors (Lipinski definition) is 2. The number of ketones is 1. The van der Waals surface area contributed by atoms with Gasteiger partial charge >= 0.3 is 0 Å². The Morgan fingerprint density at radius 2 is 1.86 bits per heavy atom. The van der Waals surface area contributed by atoms with Gasteiger partial charge in [0.05, 0.1) is 0 Å².